The molecule has 0 amide bonds. The summed E-state index contributed by atoms with van der Waals surface area (Å²) in [6.07, 6.45) is 0.441. The lowest BCUT2D eigenvalue weighted by Gasteiger charge is -2.05. The molecule has 1 aromatic carbocycles. The van der Waals surface area contributed by atoms with E-state index in [-0.39, 0.29) is 24.2 Å². The monoisotopic (exact) mass is 256 g/mol. The van der Waals surface area contributed by atoms with Crippen LogP contribution in [-0.4, -0.2) is 22.5 Å². The van der Waals surface area contributed by atoms with Gasteiger partial charge in [-0.3, -0.25) is 14.9 Å². The van der Waals surface area contributed by atoms with E-state index in [2.05, 4.69) is 5.32 Å². The van der Waals surface area contributed by atoms with Crippen LogP contribution in [0.3, 0.4) is 0 Å². The van der Waals surface area contributed by atoms with Gasteiger partial charge in [-0.05, 0) is 25.1 Å². The number of carboxylic acid groups (broad SMARTS) is 1. The second-order valence-electron chi connectivity index (χ2n) is 3.70. The van der Waals surface area contributed by atoms with Crippen LogP contribution in [0.4, 0.5) is 10.1 Å². The highest BCUT2D eigenvalue weighted by Gasteiger charge is 2.13. The second-order valence-corrected chi connectivity index (χ2v) is 3.70. The van der Waals surface area contributed by atoms with Gasteiger partial charge in [0, 0.05) is 24.6 Å². The topological polar surface area (TPSA) is 92.5 Å². The SMILES string of the molecule is O=C(O)CCCNCc1cc(F)ccc1[N+](=O)[O-]. The van der Waals surface area contributed by atoms with E-state index in [1.807, 2.05) is 0 Å². The fourth-order valence-electron chi connectivity index (χ4n) is 1.46. The molecule has 0 radical (unpaired) electrons. The van der Waals surface area contributed by atoms with Gasteiger partial charge in [0.05, 0.1) is 4.92 Å². The van der Waals surface area contributed by atoms with E-state index in [1.54, 1.807) is 0 Å². The molecule has 18 heavy (non-hydrogen) atoms. The van der Waals surface area contributed by atoms with Crippen molar-refractivity contribution in [1.82, 2.24) is 5.32 Å². The van der Waals surface area contributed by atoms with E-state index >= 15 is 0 Å². The van der Waals surface area contributed by atoms with Crippen molar-refractivity contribution in [3.63, 3.8) is 0 Å². The molecule has 0 bridgehead atoms. The average molecular weight is 256 g/mol. The predicted octanol–water partition coefficient (Wildman–Crippen LogP) is 1.69. The normalized spacial score (nSPS) is 10.3. The molecule has 0 aliphatic heterocycles. The Bertz CT molecular complexity index is 451. The third-order valence-electron chi connectivity index (χ3n) is 2.30. The molecule has 1 rings (SSSR count). The van der Waals surface area contributed by atoms with Gasteiger partial charge in [0.15, 0.2) is 0 Å². The van der Waals surface area contributed by atoms with Crippen LogP contribution in [0.25, 0.3) is 0 Å². The molecule has 0 fully saturated rings. The van der Waals surface area contributed by atoms with Crippen LogP contribution >= 0.6 is 0 Å². The zero-order valence-electron chi connectivity index (χ0n) is 9.56. The molecule has 2 N–H and O–H groups in total. The number of nitro groups is 1. The molecule has 0 unspecified atom stereocenters. The Hall–Kier alpha value is -2.02. The predicted molar refractivity (Wildman–Crippen MR) is 61.6 cm³/mol. The molecule has 7 heteroatoms. The molecule has 0 heterocycles. The fourth-order valence-corrected chi connectivity index (χ4v) is 1.46. The van der Waals surface area contributed by atoms with E-state index in [9.17, 15) is 19.3 Å². The van der Waals surface area contributed by atoms with E-state index < -0.39 is 16.7 Å². The van der Waals surface area contributed by atoms with Crippen LogP contribution in [0.1, 0.15) is 18.4 Å². The van der Waals surface area contributed by atoms with Gasteiger partial charge in [0.25, 0.3) is 5.69 Å². The van der Waals surface area contributed by atoms with E-state index in [0.717, 1.165) is 18.2 Å². The fraction of sp³-hybridized carbons (Fsp3) is 0.364. The maximum absolute atomic E-state index is 13.0. The van der Waals surface area contributed by atoms with Gasteiger partial charge in [-0.2, -0.15) is 0 Å². The van der Waals surface area contributed by atoms with Gasteiger partial charge >= 0.3 is 5.97 Å². The first kappa shape index (κ1) is 14.0. The Morgan fingerprint density at radius 1 is 1.50 bits per heavy atom. The minimum Gasteiger partial charge on any atom is -0.481 e. The number of benzene rings is 1. The molecule has 0 saturated carbocycles. The van der Waals surface area contributed by atoms with E-state index in [1.165, 1.54) is 0 Å². The summed E-state index contributed by atoms with van der Waals surface area (Å²) in [7, 11) is 0. The molecule has 1 aromatic rings. The van der Waals surface area contributed by atoms with Crippen LogP contribution < -0.4 is 5.32 Å². The number of hydrogen-bond acceptors (Lipinski definition) is 4. The van der Waals surface area contributed by atoms with Crippen molar-refractivity contribution < 1.29 is 19.2 Å². The summed E-state index contributed by atoms with van der Waals surface area (Å²) in [6.45, 7) is 0.535. The minimum atomic E-state index is -0.895. The van der Waals surface area contributed by atoms with E-state index in [4.69, 9.17) is 5.11 Å². The summed E-state index contributed by atoms with van der Waals surface area (Å²) in [4.78, 5) is 20.4. The van der Waals surface area contributed by atoms with Gasteiger partial charge < -0.3 is 10.4 Å². The number of nitro benzene ring substituents is 1. The molecular weight excluding hydrogens is 243 g/mol. The maximum Gasteiger partial charge on any atom is 0.303 e. The lowest BCUT2D eigenvalue weighted by atomic mass is 10.1. The molecule has 0 aromatic heterocycles. The number of carbonyl (C=O) groups is 1. The van der Waals surface area contributed by atoms with Crippen molar-refractivity contribution in [2.45, 2.75) is 19.4 Å². The molecule has 0 saturated heterocycles. The van der Waals surface area contributed by atoms with Crippen LogP contribution in [0.2, 0.25) is 0 Å². The Kier molecular flexibility index (Phi) is 5.19. The van der Waals surface area contributed by atoms with Crippen molar-refractivity contribution in [3.8, 4) is 0 Å². The Labute approximate surface area is 103 Å². The first-order chi connectivity index (χ1) is 8.50. The van der Waals surface area contributed by atoms with Crippen LogP contribution in [0, 0.1) is 15.9 Å². The summed E-state index contributed by atoms with van der Waals surface area (Å²) in [5.41, 5.74) is 0.0949. The van der Waals surface area contributed by atoms with Gasteiger partial charge in [-0.1, -0.05) is 0 Å². The number of halogens is 1. The lowest BCUT2D eigenvalue weighted by Crippen LogP contribution is -2.16. The van der Waals surface area contributed by atoms with Gasteiger partial charge in [-0.25, -0.2) is 4.39 Å². The third-order valence-corrected chi connectivity index (χ3v) is 2.30. The summed E-state index contributed by atoms with van der Waals surface area (Å²) < 4.78 is 13.0. The van der Waals surface area contributed by atoms with E-state index in [0.29, 0.717) is 13.0 Å². The van der Waals surface area contributed by atoms with Gasteiger partial charge in [-0.15, -0.1) is 0 Å². The Balaban J connectivity index is 2.53. The smallest absolute Gasteiger partial charge is 0.303 e. The van der Waals surface area contributed by atoms with Crippen molar-refractivity contribution in [1.29, 1.82) is 0 Å². The molecular formula is C11H13FN2O4. The molecule has 0 atom stereocenters. The maximum atomic E-state index is 13.0. The molecule has 0 aliphatic carbocycles. The van der Waals surface area contributed by atoms with Crippen LogP contribution in [0.5, 0.6) is 0 Å². The standard InChI is InChI=1S/C11H13FN2O4/c12-9-3-4-10(14(17)18)8(6-9)7-13-5-1-2-11(15)16/h3-4,6,13H,1-2,5,7H2,(H,15,16). The average Bonchev–Trinajstić information content (AvgIpc) is 2.27. The number of nitrogens with zero attached hydrogens (tertiary/aromatic N) is 1. The van der Waals surface area contributed by atoms with Crippen molar-refractivity contribution in [2.75, 3.05) is 6.54 Å². The number of rotatable bonds is 7. The highest BCUT2D eigenvalue weighted by molar-refractivity contribution is 5.66. The molecule has 98 valence electrons. The Morgan fingerprint density at radius 2 is 2.22 bits per heavy atom. The summed E-state index contributed by atoms with van der Waals surface area (Å²) in [5.74, 6) is -1.43. The van der Waals surface area contributed by atoms with Crippen LogP contribution in [-0.2, 0) is 11.3 Å². The number of nitrogens with one attached hydrogen (secondary N) is 1. The summed E-state index contributed by atoms with van der Waals surface area (Å²) in [6, 6.07) is 3.25. The molecule has 0 spiro atoms. The quantitative estimate of drug-likeness (QED) is 0.440. The van der Waals surface area contributed by atoms with Gasteiger partial charge in [0.2, 0.25) is 0 Å². The highest BCUT2D eigenvalue weighted by Crippen LogP contribution is 2.19. The Morgan fingerprint density at radius 3 is 2.83 bits per heavy atom. The van der Waals surface area contributed by atoms with Gasteiger partial charge in [0.1, 0.15) is 5.82 Å². The van der Waals surface area contributed by atoms with Crippen LogP contribution in [0.15, 0.2) is 18.2 Å². The van der Waals surface area contributed by atoms with Crippen molar-refractivity contribution in [2.24, 2.45) is 0 Å². The first-order valence-corrected chi connectivity index (χ1v) is 5.36. The largest absolute Gasteiger partial charge is 0.481 e. The molecule has 0 aliphatic rings. The first-order valence-electron chi connectivity index (χ1n) is 5.36. The minimum absolute atomic E-state index is 0.0260. The number of aliphatic carboxylic acids is 1. The summed E-state index contributed by atoms with van der Waals surface area (Å²) >= 11 is 0. The highest BCUT2D eigenvalue weighted by atomic mass is 19.1. The third kappa shape index (κ3) is 4.46. The van der Waals surface area contributed by atoms with Crippen molar-refractivity contribution >= 4 is 11.7 Å². The number of carboxylic acids is 1. The number of hydrogen-bond donors (Lipinski definition) is 2. The second kappa shape index (κ2) is 6.65. The molecule has 6 nitrogen and oxygen atoms in total. The summed E-state index contributed by atoms with van der Waals surface area (Å²) in [5, 5.41) is 22.0. The van der Waals surface area contributed by atoms with Crippen molar-refractivity contribution in [3.05, 3.63) is 39.7 Å². The lowest BCUT2D eigenvalue weighted by molar-refractivity contribution is -0.385. The zero-order chi connectivity index (χ0) is 13.5. The zero-order valence-corrected chi connectivity index (χ0v) is 9.56.